The average Bonchev–Trinajstić information content (AvgIpc) is 3.17. The van der Waals surface area contributed by atoms with Crippen molar-refractivity contribution < 1.29 is 4.79 Å². The van der Waals surface area contributed by atoms with Crippen LogP contribution in [-0.2, 0) is 13.0 Å². The zero-order valence-electron chi connectivity index (χ0n) is 12.3. The molecule has 2 aromatic rings. The van der Waals surface area contributed by atoms with Crippen molar-refractivity contribution in [2.45, 2.75) is 32.7 Å². The van der Waals surface area contributed by atoms with Crippen molar-refractivity contribution in [1.82, 2.24) is 24.9 Å². The van der Waals surface area contributed by atoms with Gasteiger partial charge in [0.25, 0.3) is 5.91 Å². The lowest BCUT2D eigenvalue weighted by molar-refractivity contribution is 0.0672. The van der Waals surface area contributed by atoms with Gasteiger partial charge in [0.2, 0.25) is 0 Å². The van der Waals surface area contributed by atoms with Crippen molar-refractivity contribution >= 4 is 5.91 Å². The van der Waals surface area contributed by atoms with E-state index >= 15 is 0 Å². The molecule has 0 unspecified atom stereocenters. The molecule has 6 heteroatoms. The summed E-state index contributed by atoms with van der Waals surface area (Å²) < 4.78 is 1.79. The molecular weight excluding hydrogens is 266 g/mol. The highest BCUT2D eigenvalue weighted by atomic mass is 16.2. The summed E-state index contributed by atoms with van der Waals surface area (Å²) >= 11 is 0. The monoisotopic (exact) mass is 287 g/mol. The molecule has 1 saturated heterocycles. The third-order valence-corrected chi connectivity index (χ3v) is 4.08. The van der Waals surface area contributed by atoms with Crippen molar-refractivity contribution in [3.63, 3.8) is 0 Å². The van der Waals surface area contributed by atoms with Gasteiger partial charge in [-0.15, -0.1) is 0 Å². The molecule has 3 heterocycles. The summed E-state index contributed by atoms with van der Waals surface area (Å²) in [5.74, 6) is 0.605. The Morgan fingerprint density at radius 2 is 2.43 bits per heavy atom. The van der Waals surface area contributed by atoms with Gasteiger partial charge in [0.15, 0.2) is 0 Å². The Morgan fingerprint density at radius 1 is 1.52 bits per heavy atom. The molecule has 0 aromatic carbocycles. The molecule has 0 radical (unpaired) electrons. The zero-order chi connectivity index (χ0) is 14.7. The van der Waals surface area contributed by atoms with Gasteiger partial charge in [0, 0.05) is 37.7 Å². The third kappa shape index (κ3) is 3.15. The Morgan fingerprint density at radius 3 is 3.14 bits per heavy atom. The molecular formula is C15H21N5O. The van der Waals surface area contributed by atoms with E-state index in [2.05, 4.69) is 15.3 Å². The minimum absolute atomic E-state index is 0.101. The van der Waals surface area contributed by atoms with Crippen LogP contribution in [0.5, 0.6) is 0 Å². The second kappa shape index (κ2) is 6.11. The summed E-state index contributed by atoms with van der Waals surface area (Å²) in [5, 5.41) is 11.2. The van der Waals surface area contributed by atoms with E-state index in [0.29, 0.717) is 11.5 Å². The number of H-pyrrole nitrogens is 1. The zero-order valence-corrected chi connectivity index (χ0v) is 12.3. The average molecular weight is 287 g/mol. The molecule has 1 fully saturated rings. The molecule has 2 aromatic heterocycles. The number of likely N-dealkylation sites (tertiary alicyclic amines) is 1. The second-order valence-electron chi connectivity index (χ2n) is 5.63. The molecule has 1 N–H and O–H groups in total. The van der Waals surface area contributed by atoms with E-state index in [1.165, 1.54) is 0 Å². The maximum Gasteiger partial charge on any atom is 0.257 e. The first-order valence-electron chi connectivity index (χ1n) is 7.56. The van der Waals surface area contributed by atoms with E-state index in [4.69, 9.17) is 0 Å². The van der Waals surface area contributed by atoms with Crippen LogP contribution in [-0.4, -0.2) is 43.9 Å². The van der Waals surface area contributed by atoms with Gasteiger partial charge in [0.05, 0.1) is 11.8 Å². The van der Waals surface area contributed by atoms with E-state index in [0.717, 1.165) is 44.6 Å². The number of piperidine rings is 1. The Labute approximate surface area is 124 Å². The first-order valence-corrected chi connectivity index (χ1v) is 7.56. The number of aromatic amines is 1. The summed E-state index contributed by atoms with van der Waals surface area (Å²) in [6.45, 7) is 4.46. The number of aromatic nitrogens is 4. The first kappa shape index (κ1) is 13.9. The highest BCUT2D eigenvalue weighted by molar-refractivity contribution is 5.93. The lowest BCUT2D eigenvalue weighted by atomic mass is 9.93. The highest BCUT2D eigenvalue weighted by Gasteiger charge is 2.25. The maximum absolute atomic E-state index is 12.5. The molecule has 1 aliphatic rings. The van der Waals surface area contributed by atoms with Gasteiger partial charge < -0.3 is 4.90 Å². The summed E-state index contributed by atoms with van der Waals surface area (Å²) in [7, 11) is 0. The van der Waals surface area contributed by atoms with Crippen LogP contribution in [0.15, 0.2) is 24.7 Å². The third-order valence-electron chi connectivity index (χ3n) is 4.08. The predicted molar refractivity (Wildman–Crippen MR) is 78.8 cm³/mol. The number of amides is 1. The van der Waals surface area contributed by atoms with E-state index in [1.807, 2.05) is 24.1 Å². The Balaban J connectivity index is 1.63. The molecule has 1 aliphatic heterocycles. The molecule has 1 atom stereocenters. The van der Waals surface area contributed by atoms with Crippen LogP contribution in [0.3, 0.4) is 0 Å². The summed E-state index contributed by atoms with van der Waals surface area (Å²) in [6.07, 6.45) is 8.47. The minimum Gasteiger partial charge on any atom is -0.338 e. The topological polar surface area (TPSA) is 66.8 Å². The number of aryl methyl sites for hydroxylation is 1. The number of hydrogen-bond acceptors (Lipinski definition) is 3. The second-order valence-corrected chi connectivity index (χ2v) is 5.63. The number of carbonyl (C=O) groups excluding carboxylic acids is 1. The molecule has 0 bridgehead atoms. The fraction of sp³-hybridized carbons (Fsp3) is 0.533. The summed E-state index contributed by atoms with van der Waals surface area (Å²) in [6, 6.07) is 2.01. The van der Waals surface area contributed by atoms with Crippen molar-refractivity contribution in [2.75, 3.05) is 13.1 Å². The lowest BCUT2D eigenvalue weighted by Gasteiger charge is -2.32. The van der Waals surface area contributed by atoms with E-state index in [9.17, 15) is 4.79 Å². The Bertz CT molecular complexity index is 589. The molecule has 0 spiro atoms. The number of rotatable bonds is 4. The summed E-state index contributed by atoms with van der Waals surface area (Å²) in [4.78, 5) is 14.5. The van der Waals surface area contributed by atoms with Gasteiger partial charge in [-0.05, 0) is 38.2 Å². The van der Waals surface area contributed by atoms with E-state index in [-0.39, 0.29) is 5.91 Å². The largest absolute Gasteiger partial charge is 0.338 e. The molecule has 3 rings (SSSR count). The van der Waals surface area contributed by atoms with Crippen molar-refractivity contribution in [3.8, 4) is 0 Å². The molecule has 1 amide bonds. The smallest absolute Gasteiger partial charge is 0.257 e. The van der Waals surface area contributed by atoms with Crippen LogP contribution in [0.4, 0.5) is 0 Å². The molecule has 0 saturated carbocycles. The lowest BCUT2D eigenvalue weighted by Crippen LogP contribution is -2.40. The minimum atomic E-state index is 0.101. The van der Waals surface area contributed by atoms with Crippen LogP contribution in [0.2, 0.25) is 0 Å². The van der Waals surface area contributed by atoms with E-state index < -0.39 is 0 Å². The van der Waals surface area contributed by atoms with Crippen LogP contribution in [0.1, 0.15) is 35.8 Å². The summed E-state index contributed by atoms with van der Waals surface area (Å²) in [5.41, 5.74) is 1.84. The van der Waals surface area contributed by atoms with Crippen LogP contribution >= 0.6 is 0 Å². The quantitative estimate of drug-likeness (QED) is 0.931. The number of hydrogen-bond donors (Lipinski definition) is 1. The van der Waals surface area contributed by atoms with Gasteiger partial charge in [-0.3, -0.25) is 14.6 Å². The van der Waals surface area contributed by atoms with Gasteiger partial charge in [0.1, 0.15) is 0 Å². The van der Waals surface area contributed by atoms with Gasteiger partial charge in [-0.25, -0.2) is 0 Å². The van der Waals surface area contributed by atoms with Crippen LogP contribution < -0.4 is 0 Å². The van der Waals surface area contributed by atoms with E-state index in [1.54, 1.807) is 17.1 Å². The molecule has 0 aliphatic carbocycles. The molecule has 112 valence electrons. The van der Waals surface area contributed by atoms with Crippen molar-refractivity contribution in [2.24, 2.45) is 5.92 Å². The Hall–Kier alpha value is -2.11. The fourth-order valence-corrected chi connectivity index (χ4v) is 2.96. The first-order chi connectivity index (χ1) is 10.3. The maximum atomic E-state index is 12.5. The predicted octanol–water partition coefficient (Wildman–Crippen LogP) is 1.72. The van der Waals surface area contributed by atoms with Crippen molar-refractivity contribution in [3.05, 3.63) is 35.9 Å². The van der Waals surface area contributed by atoms with Gasteiger partial charge in [-0.1, -0.05) is 0 Å². The van der Waals surface area contributed by atoms with Gasteiger partial charge in [-0.2, -0.15) is 10.2 Å². The standard InChI is InChI=1S/C15H21N5O/c1-2-20-11-13(9-17-20)15(21)19-7-3-4-12(10-19)8-14-5-6-16-18-14/h5-6,9,11-12H,2-4,7-8,10H2,1H3,(H,16,18)/t12-/m0/s1. The number of nitrogens with zero attached hydrogens (tertiary/aromatic N) is 4. The van der Waals surface area contributed by atoms with Crippen LogP contribution in [0.25, 0.3) is 0 Å². The molecule has 21 heavy (non-hydrogen) atoms. The fourth-order valence-electron chi connectivity index (χ4n) is 2.96. The SMILES string of the molecule is CCn1cc(C(=O)N2CCC[C@@H](Cc3ccn[nH]3)C2)cn1. The van der Waals surface area contributed by atoms with Crippen molar-refractivity contribution in [1.29, 1.82) is 0 Å². The number of nitrogens with one attached hydrogen (secondary N) is 1. The molecule has 6 nitrogen and oxygen atoms in total. The highest BCUT2D eigenvalue weighted by Crippen LogP contribution is 2.21. The normalized spacial score (nSPS) is 18.9. The Kier molecular flexibility index (Phi) is 4.03. The van der Waals surface area contributed by atoms with Crippen LogP contribution in [0, 0.1) is 5.92 Å². The number of carbonyl (C=O) groups is 1. The van der Waals surface area contributed by atoms with Gasteiger partial charge >= 0.3 is 0 Å².